The molecule has 156 valence electrons. The zero-order chi connectivity index (χ0) is 20.2. The average Bonchev–Trinajstić information content (AvgIpc) is 3.40. The van der Waals surface area contributed by atoms with Crippen LogP contribution in [0.15, 0.2) is 24.4 Å². The molecule has 0 radical (unpaired) electrons. The third-order valence-corrected chi connectivity index (χ3v) is 6.32. The van der Waals surface area contributed by atoms with E-state index in [4.69, 9.17) is 11.6 Å². The maximum Gasteiger partial charge on any atom is 0.276 e. The van der Waals surface area contributed by atoms with E-state index < -0.39 is 0 Å². The molecule has 1 aromatic carbocycles. The molecule has 0 aliphatic carbocycles. The number of halogens is 2. The smallest absolute Gasteiger partial charge is 0.276 e. The van der Waals surface area contributed by atoms with Gasteiger partial charge in [0.05, 0.1) is 12.7 Å². The number of amides is 1. The van der Waals surface area contributed by atoms with E-state index in [2.05, 4.69) is 15.2 Å². The van der Waals surface area contributed by atoms with Gasteiger partial charge in [0.1, 0.15) is 5.82 Å². The quantitative estimate of drug-likeness (QED) is 0.717. The third-order valence-electron chi connectivity index (χ3n) is 5.97. The number of rotatable bonds is 6. The maximum atomic E-state index is 13.2. The molecule has 1 aromatic heterocycles. The van der Waals surface area contributed by atoms with Crippen LogP contribution in [0.5, 0.6) is 0 Å². The predicted octanol–water partition coefficient (Wildman–Crippen LogP) is 3.60. The van der Waals surface area contributed by atoms with Crippen molar-refractivity contribution in [2.24, 2.45) is 0 Å². The van der Waals surface area contributed by atoms with Gasteiger partial charge in [0.2, 0.25) is 0 Å². The van der Waals surface area contributed by atoms with Gasteiger partial charge in [-0.3, -0.25) is 4.79 Å². The monoisotopic (exact) mass is 419 g/mol. The lowest BCUT2D eigenvalue weighted by Gasteiger charge is -2.36. The van der Waals surface area contributed by atoms with Gasteiger partial charge in [-0.05, 0) is 69.3 Å². The minimum atomic E-state index is -0.377. The fraction of sp³-hybridized carbons (Fsp3) is 0.571. The number of carbonyl (C=O) groups is 1. The second-order valence-corrected chi connectivity index (χ2v) is 8.43. The molecule has 1 atom stereocenters. The normalized spacial score (nSPS) is 20.3. The number of hydrogen-bond acceptors (Lipinski definition) is 4. The molecule has 2 aliphatic heterocycles. The standard InChI is InChI=1S/C21H27ClFN5O/c22-19-13-17(23)7-6-16(19)14-27-15-20(24-25-27)21(29)28-11-2-1-5-18(28)8-12-26-9-3-4-10-26/h6-7,13,15,18H,1-5,8-12,14H2/t18-/m1/s1. The van der Waals surface area contributed by atoms with Gasteiger partial charge in [-0.25, -0.2) is 9.07 Å². The number of piperidine rings is 1. The summed E-state index contributed by atoms with van der Waals surface area (Å²) >= 11 is 6.10. The zero-order valence-electron chi connectivity index (χ0n) is 16.6. The van der Waals surface area contributed by atoms with Crippen LogP contribution < -0.4 is 0 Å². The van der Waals surface area contributed by atoms with Crippen molar-refractivity contribution < 1.29 is 9.18 Å². The highest BCUT2D eigenvalue weighted by Crippen LogP contribution is 2.23. The van der Waals surface area contributed by atoms with E-state index in [1.54, 1.807) is 16.9 Å². The summed E-state index contributed by atoms with van der Waals surface area (Å²) in [5.74, 6) is -0.425. The van der Waals surface area contributed by atoms with Gasteiger partial charge >= 0.3 is 0 Å². The van der Waals surface area contributed by atoms with Crippen molar-refractivity contribution in [1.29, 1.82) is 0 Å². The molecule has 2 aromatic rings. The van der Waals surface area contributed by atoms with Gasteiger partial charge in [0.25, 0.3) is 5.91 Å². The Hall–Kier alpha value is -1.99. The van der Waals surface area contributed by atoms with E-state index in [0.717, 1.165) is 37.9 Å². The molecule has 1 amide bonds. The summed E-state index contributed by atoms with van der Waals surface area (Å²) in [6.45, 7) is 4.55. The molecule has 0 bridgehead atoms. The molecule has 0 unspecified atom stereocenters. The van der Waals surface area contributed by atoms with Crippen LogP contribution in [0.2, 0.25) is 5.02 Å². The first-order valence-electron chi connectivity index (χ1n) is 10.5. The van der Waals surface area contributed by atoms with Gasteiger partial charge in [0, 0.05) is 24.2 Å². The van der Waals surface area contributed by atoms with Crippen LogP contribution in [-0.4, -0.2) is 62.9 Å². The molecular formula is C21H27ClFN5O. The van der Waals surface area contributed by atoms with Crippen LogP contribution in [0.25, 0.3) is 0 Å². The predicted molar refractivity (Wildman–Crippen MR) is 110 cm³/mol. The Morgan fingerprint density at radius 3 is 2.76 bits per heavy atom. The Morgan fingerprint density at radius 1 is 1.17 bits per heavy atom. The van der Waals surface area contributed by atoms with Gasteiger partial charge in [-0.15, -0.1) is 5.10 Å². The second-order valence-electron chi connectivity index (χ2n) is 8.02. The van der Waals surface area contributed by atoms with Crippen LogP contribution in [0.3, 0.4) is 0 Å². The van der Waals surface area contributed by atoms with E-state index >= 15 is 0 Å². The molecule has 6 nitrogen and oxygen atoms in total. The zero-order valence-corrected chi connectivity index (χ0v) is 17.3. The Morgan fingerprint density at radius 2 is 1.97 bits per heavy atom. The number of hydrogen-bond donors (Lipinski definition) is 0. The van der Waals surface area contributed by atoms with Crippen LogP contribution in [0.1, 0.15) is 54.6 Å². The number of likely N-dealkylation sites (tertiary alicyclic amines) is 2. The van der Waals surface area contributed by atoms with Crippen molar-refractivity contribution in [1.82, 2.24) is 24.8 Å². The minimum absolute atomic E-state index is 0.0485. The molecule has 29 heavy (non-hydrogen) atoms. The van der Waals surface area contributed by atoms with Crippen LogP contribution in [-0.2, 0) is 6.54 Å². The molecule has 4 rings (SSSR count). The number of benzene rings is 1. The van der Waals surface area contributed by atoms with Crippen molar-refractivity contribution in [3.05, 3.63) is 46.5 Å². The van der Waals surface area contributed by atoms with E-state index in [-0.39, 0.29) is 17.8 Å². The third kappa shape index (κ3) is 4.95. The first-order valence-corrected chi connectivity index (χ1v) is 10.9. The lowest BCUT2D eigenvalue weighted by Crippen LogP contribution is -2.45. The summed E-state index contributed by atoms with van der Waals surface area (Å²) in [7, 11) is 0. The molecule has 2 saturated heterocycles. The lowest BCUT2D eigenvalue weighted by molar-refractivity contribution is 0.0581. The van der Waals surface area contributed by atoms with Crippen LogP contribution in [0.4, 0.5) is 4.39 Å². The van der Waals surface area contributed by atoms with E-state index in [1.165, 1.54) is 44.5 Å². The van der Waals surface area contributed by atoms with E-state index in [9.17, 15) is 9.18 Å². The van der Waals surface area contributed by atoms with Crippen molar-refractivity contribution >= 4 is 17.5 Å². The summed E-state index contributed by atoms with van der Waals surface area (Å²) < 4.78 is 14.8. The highest BCUT2D eigenvalue weighted by molar-refractivity contribution is 6.31. The first kappa shape index (κ1) is 20.3. The second kappa shape index (κ2) is 9.22. The largest absolute Gasteiger partial charge is 0.334 e. The van der Waals surface area contributed by atoms with E-state index in [0.29, 0.717) is 17.3 Å². The molecular weight excluding hydrogens is 393 g/mol. The molecule has 2 fully saturated rings. The SMILES string of the molecule is O=C(c1cn(Cc2ccc(F)cc2Cl)nn1)N1CCCC[C@@H]1CCN1CCCC1. The van der Waals surface area contributed by atoms with Gasteiger partial charge in [-0.1, -0.05) is 22.9 Å². The Kier molecular flexibility index (Phi) is 6.45. The van der Waals surface area contributed by atoms with Gasteiger partial charge < -0.3 is 9.80 Å². The summed E-state index contributed by atoms with van der Waals surface area (Å²) in [5, 5.41) is 8.52. The highest BCUT2D eigenvalue weighted by atomic mass is 35.5. The fourth-order valence-corrected chi connectivity index (χ4v) is 4.58. The Bertz CT molecular complexity index is 851. The fourth-order valence-electron chi connectivity index (χ4n) is 4.35. The molecule has 0 saturated carbocycles. The molecule has 8 heteroatoms. The van der Waals surface area contributed by atoms with Gasteiger partial charge in [-0.2, -0.15) is 0 Å². The lowest BCUT2D eigenvalue weighted by atomic mass is 9.98. The van der Waals surface area contributed by atoms with Crippen LogP contribution >= 0.6 is 11.6 Å². The summed E-state index contributed by atoms with van der Waals surface area (Å²) in [4.78, 5) is 17.6. The minimum Gasteiger partial charge on any atom is -0.334 e. The molecule has 2 aliphatic rings. The maximum absolute atomic E-state index is 13.2. The summed E-state index contributed by atoms with van der Waals surface area (Å²) in [5.41, 5.74) is 1.09. The van der Waals surface area contributed by atoms with Crippen molar-refractivity contribution in [3.8, 4) is 0 Å². The summed E-state index contributed by atoms with van der Waals surface area (Å²) in [6.07, 6.45) is 8.51. The first-order chi connectivity index (χ1) is 14.1. The van der Waals surface area contributed by atoms with Gasteiger partial charge in [0.15, 0.2) is 5.69 Å². The highest BCUT2D eigenvalue weighted by Gasteiger charge is 2.29. The molecule has 3 heterocycles. The van der Waals surface area contributed by atoms with Crippen molar-refractivity contribution in [3.63, 3.8) is 0 Å². The van der Waals surface area contributed by atoms with Crippen molar-refractivity contribution in [2.45, 2.75) is 51.1 Å². The number of carbonyl (C=O) groups excluding carboxylic acids is 1. The average molecular weight is 420 g/mol. The van der Waals surface area contributed by atoms with E-state index in [1.807, 2.05) is 4.90 Å². The number of nitrogens with zero attached hydrogens (tertiary/aromatic N) is 5. The van der Waals surface area contributed by atoms with Crippen molar-refractivity contribution in [2.75, 3.05) is 26.2 Å². The topological polar surface area (TPSA) is 54.3 Å². The van der Waals surface area contributed by atoms with Crippen LogP contribution in [0, 0.1) is 5.82 Å². The summed E-state index contributed by atoms with van der Waals surface area (Å²) in [6, 6.07) is 4.54. The number of aromatic nitrogens is 3. The Labute approximate surface area is 175 Å². The molecule has 0 spiro atoms. The molecule has 0 N–H and O–H groups in total. The Balaban J connectivity index is 1.41.